The normalized spacial score (nSPS) is 20.9. The molecule has 0 saturated carbocycles. The third-order valence-corrected chi connectivity index (χ3v) is 2.60. The van der Waals surface area contributed by atoms with E-state index < -0.39 is 5.97 Å². The predicted molar refractivity (Wildman–Crippen MR) is 58.5 cm³/mol. The molecule has 0 bridgehead atoms. The summed E-state index contributed by atoms with van der Waals surface area (Å²) in [6.45, 7) is 1.97. The Balaban J connectivity index is 2.04. The van der Waals surface area contributed by atoms with Crippen molar-refractivity contribution in [3.63, 3.8) is 0 Å². The molecule has 0 spiro atoms. The van der Waals surface area contributed by atoms with Gasteiger partial charge in [-0.25, -0.2) is 14.8 Å². The molecule has 0 radical (unpaired) electrons. The van der Waals surface area contributed by atoms with Gasteiger partial charge in [-0.3, -0.25) is 0 Å². The number of aromatic carboxylic acids is 1. The van der Waals surface area contributed by atoms with Crippen LogP contribution in [0.1, 0.15) is 16.9 Å². The number of aromatic nitrogens is 2. The Kier molecular flexibility index (Phi) is 3.00. The van der Waals surface area contributed by atoms with Crippen molar-refractivity contribution in [2.75, 3.05) is 25.5 Å². The van der Waals surface area contributed by atoms with Crippen molar-refractivity contribution in [3.05, 3.63) is 18.0 Å². The van der Waals surface area contributed by atoms with Crippen LogP contribution < -0.4 is 5.32 Å². The lowest BCUT2D eigenvalue weighted by Gasteiger charge is -2.12. The van der Waals surface area contributed by atoms with E-state index in [4.69, 9.17) is 5.11 Å². The van der Waals surface area contributed by atoms with Crippen molar-refractivity contribution in [1.29, 1.82) is 0 Å². The summed E-state index contributed by atoms with van der Waals surface area (Å²) in [4.78, 5) is 20.8. The molecular weight excluding hydrogens is 208 g/mol. The average Bonchev–Trinajstić information content (AvgIpc) is 2.64. The monoisotopic (exact) mass is 222 g/mol. The number of carbonyl (C=O) groups is 1. The molecule has 1 aromatic rings. The van der Waals surface area contributed by atoms with Gasteiger partial charge in [0.2, 0.25) is 5.95 Å². The summed E-state index contributed by atoms with van der Waals surface area (Å²) in [6, 6.07) is 1.68. The number of nitrogens with one attached hydrogen (secondary N) is 1. The molecule has 0 amide bonds. The van der Waals surface area contributed by atoms with Gasteiger partial charge in [-0.2, -0.15) is 0 Å². The zero-order chi connectivity index (χ0) is 11.5. The second-order valence-corrected chi connectivity index (χ2v) is 3.96. The zero-order valence-corrected chi connectivity index (χ0v) is 9.05. The highest BCUT2D eigenvalue weighted by atomic mass is 16.4. The van der Waals surface area contributed by atoms with Crippen molar-refractivity contribution in [1.82, 2.24) is 14.9 Å². The standard InChI is InChI=1S/C10H14N4O2/c1-14-5-3-7(6-14)12-10-11-4-2-8(13-10)9(15)16/h2,4,7H,3,5-6H2,1H3,(H,15,16)(H,11,12,13). The molecule has 1 aliphatic heterocycles. The number of anilines is 1. The molecule has 1 atom stereocenters. The van der Waals surface area contributed by atoms with Crippen LogP contribution in [0.4, 0.5) is 5.95 Å². The molecule has 86 valence electrons. The summed E-state index contributed by atoms with van der Waals surface area (Å²) in [6.07, 6.45) is 2.48. The van der Waals surface area contributed by atoms with Crippen LogP contribution in [0.5, 0.6) is 0 Å². The zero-order valence-electron chi connectivity index (χ0n) is 9.05. The lowest BCUT2D eigenvalue weighted by molar-refractivity contribution is 0.0690. The first-order chi connectivity index (χ1) is 7.65. The minimum absolute atomic E-state index is 0.0175. The first-order valence-corrected chi connectivity index (χ1v) is 5.16. The average molecular weight is 222 g/mol. The maximum atomic E-state index is 10.7. The van der Waals surface area contributed by atoms with Gasteiger partial charge in [0.05, 0.1) is 0 Å². The van der Waals surface area contributed by atoms with E-state index in [0.29, 0.717) is 12.0 Å². The van der Waals surface area contributed by atoms with Gasteiger partial charge in [-0.05, 0) is 26.1 Å². The summed E-state index contributed by atoms with van der Waals surface area (Å²) >= 11 is 0. The molecule has 1 saturated heterocycles. The van der Waals surface area contributed by atoms with Gasteiger partial charge in [0.25, 0.3) is 0 Å². The van der Waals surface area contributed by atoms with E-state index in [-0.39, 0.29) is 5.69 Å². The van der Waals surface area contributed by atoms with E-state index in [1.807, 2.05) is 0 Å². The molecule has 1 aliphatic rings. The van der Waals surface area contributed by atoms with Gasteiger partial charge < -0.3 is 15.3 Å². The van der Waals surface area contributed by atoms with E-state index >= 15 is 0 Å². The van der Waals surface area contributed by atoms with Gasteiger partial charge >= 0.3 is 5.97 Å². The minimum Gasteiger partial charge on any atom is -0.477 e. The number of likely N-dealkylation sites (N-methyl/N-ethyl adjacent to an activating group) is 1. The molecule has 6 heteroatoms. The fourth-order valence-corrected chi connectivity index (χ4v) is 1.78. The maximum Gasteiger partial charge on any atom is 0.354 e. The lowest BCUT2D eigenvalue weighted by atomic mass is 10.3. The van der Waals surface area contributed by atoms with Crippen LogP contribution in [0.3, 0.4) is 0 Å². The van der Waals surface area contributed by atoms with Crippen LogP contribution in [0.2, 0.25) is 0 Å². The summed E-state index contributed by atoms with van der Waals surface area (Å²) in [5.74, 6) is -0.644. The molecule has 0 aromatic carbocycles. The quantitative estimate of drug-likeness (QED) is 0.765. The van der Waals surface area contributed by atoms with Crippen LogP contribution in [0.25, 0.3) is 0 Å². The molecule has 0 aliphatic carbocycles. The van der Waals surface area contributed by atoms with E-state index in [1.54, 1.807) is 0 Å². The Hall–Kier alpha value is -1.69. The van der Waals surface area contributed by atoms with E-state index in [2.05, 4.69) is 27.2 Å². The Morgan fingerprint density at radius 2 is 2.50 bits per heavy atom. The smallest absolute Gasteiger partial charge is 0.354 e. The van der Waals surface area contributed by atoms with Crippen LogP contribution in [-0.4, -0.2) is 52.1 Å². The number of nitrogens with zero attached hydrogens (tertiary/aromatic N) is 3. The topological polar surface area (TPSA) is 78.4 Å². The van der Waals surface area contributed by atoms with Crippen LogP contribution in [0, 0.1) is 0 Å². The Morgan fingerprint density at radius 3 is 3.12 bits per heavy atom. The Labute approximate surface area is 93.3 Å². The van der Waals surface area contributed by atoms with Gasteiger partial charge in [0.1, 0.15) is 0 Å². The van der Waals surface area contributed by atoms with E-state index in [1.165, 1.54) is 12.3 Å². The van der Waals surface area contributed by atoms with Crippen molar-refractivity contribution >= 4 is 11.9 Å². The summed E-state index contributed by atoms with van der Waals surface area (Å²) < 4.78 is 0. The first kappa shape index (κ1) is 10.8. The summed E-state index contributed by atoms with van der Waals surface area (Å²) in [7, 11) is 2.05. The van der Waals surface area contributed by atoms with E-state index in [0.717, 1.165) is 19.5 Å². The highest BCUT2D eigenvalue weighted by molar-refractivity contribution is 5.85. The molecule has 1 fully saturated rings. The Morgan fingerprint density at radius 1 is 1.69 bits per heavy atom. The highest BCUT2D eigenvalue weighted by Gasteiger charge is 2.20. The van der Waals surface area contributed by atoms with Crippen LogP contribution >= 0.6 is 0 Å². The molecule has 2 heterocycles. The molecule has 2 N–H and O–H groups in total. The van der Waals surface area contributed by atoms with Crippen LogP contribution in [0.15, 0.2) is 12.3 Å². The van der Waals surface area contributed by atoms with Gasteiger partial charge in [0.15, 0.2) is 5.69 Å². The van der Waals surface area contributed by atoms with Crippen molar-refractivity contribution < 1.29 is 9.90 Å². The third-order valence-electron chi connectivity index (χ3n) is 2.60. The maximum absolute atomic E-state index is 10.7. The van der Waals surface area contributed by atoms with Gasteiger partial charge in [-0.15, -0.1) is 0 Å². The number of carboxylic acid groups (broad SMARTS) is 1. The van der Waals surface area contributed by atoms with Crippen molar-refractivity contribution in [2.45, 2.75) is 12.5 Å². The molecular formula is C10H14N4O2. The molecule has 6 nitrogen and oxygen atoms in total. The number of carboxylic acids is 1. The third kappa shape index (κ3) is 2.46. The predicted octanol–water partition coefficient (Wildman–Crippen LogP) is 0.291. The summed E-state index contributed by atoms with van der Waals surface area (Å²) in [5.41, 5.74) is 0.0175. The van der Waals surface area contributed by atoms with Gasteiger partial charge in [0, 0.05) is 18.8 Å². The second-order valence-electron chi connectivity index (χ2n) is 3.96. The van der Waals surface area contributed by atoms with Crippen LogP contribution in [-0.2, 0) is 0 Å². The minimum atomic E-state index is -1.03. The largest absolute Gasteiger partial charge is 0.477 e. The lowest BCUT2D eigenvalue weighted by Crippen LogP contribution is -2.24. The fraction of sp³-hybridized carbons (Fsp3) is 0.500. The molecule has 16 heavy (non-hydrogen) atoms. The second kappa shape index (κ2) is 4.44. The van der Waals surface area contributed by atoms with Gasteiger partial charge in [-0.1, -0.05) is 0 Å². The number of hydrogen-bond acceptors (Lipinski definition) is 5. The number of likely N-dealkylation sites (tertiary alicyclic amines) is 1. The molecule has 1 unspecified atom stereocenters. The Bertz CT molecular complexity index is 396. The molecule has 2 rings (SSSR count). The summed E-state index contributed by atoms with van der Waals surface area (Å²) in [5, 5.41) is 11.9. The first-order valence-electron chi connectivity index (χ1n) is 5.16. The highest BCUT2D eigenvalue weighted by Crippen LogP contribution is 2.11. The fourth-order valence-electron chi connectivity index (χ4n) is 1.78. The number of rotatable bonds is 3. The SMILES string of the molecule is CN1CCC(Nc2nccc(C(=O)O)n2)C1. The van der Waals surface area contributed by atoms with E-state index in [9.17, 15) is 4.79 Å². The molecule has 1 aromatic heterocycles. The number of hydrogen-bond donors (Lipinski definition) is 2. The van der Waals surface area contributed by atoms with Crippen molar-refractivity contribution in [3.8, 4) is 0 Å². The van der Waals surface area contributed by atoms with Crippen molar-refractivity contribution in [2.24, 2.45) is 0 Å².